The lowest BCUT2D eigenvalue weighted by Gasteiger charge is -2.24. The van der Waals surface area contributed by atoms with E-state index in [9.17, 15) is 15.3 Å². The molecule has 0 aliphatic heterocycles. The Labute approximate surface area is 137 Å². The van der Waals surface area contributed by atoms with Gasteiger partial charge in [0.25, 0.3) is 0 Å². The third-order valence-electron chi connectivity index (χ3n) is 3.39. The molecular formula is C15H32O8. The molecule has 0 saturated heterocycles. The second kappa shape index (κ2) is 12.1. The summed E-state index contributed by atoms with van der Waals surface area (Å²) >= 11 is 0. The molecule has 0 heterocycles. The van der Waals surface area contributed by atoms with Crippen molar-refractivity contribution in [2.45, 2.75) is 77.5 Å². The van der Waals surface area contributed by atoms with E-state index < -0.39 is 36.8 Å². The molecule has 0 aromatic heterocycles. The zero-order valence-corrected chi connectivity index (χ0v) is 14.6. The van der Waals surface area contributed by atoms with Crippen molar-refractivity contribution in [3.63, 3.8) is 0 Å². The molecule has 0 aromatic rings. The standard InChI is InChI=1S/C15H32O8/c1-9(16)11(3)23-13(5)21-7-15(19)12(4)22-8-20-6-14(18)10(2)17/h9-19H,6-8H2,1-5H3/t9-,10?,11?,12?,13?,14-,15+/m0/s1. The summed E-state index contributed by atoms with van der Waals surface area (Å²) in [7, 11) is 0. The van der Waals surface area contributed by atoms with Crippen molar-refractivity contribution in [2.24, 2.45) is 0 Å². The summed E-state index contributed by atoms with van der Waals surface area (Å²) in [5.41, 5.74) is 0. The van der Waals surface area contributed by atoms with Crippen molar-refractivity contribution < 1.29 is 39.4 Å². The first-order valence-electron chi connectivity index (χ1n) is 7.83. The highest BCUT2D eigenvalue weighted by Crippen LogP contribution is 2.07. The van der Waals surface area contributed by atoms with Gasteiger partial charge in [-0.15, -0.1) is 0 Å². The molecule has 140 valence electrons. The number of hydrogen-bond donors (Lipinski definition) is 4. The average Bonchev–Trinajstić information content (AvgIpc) is 2.48. The Bertz CT molecular complexity index is 287. The first-order valence-corrected chi connectivity index (χ1v) is 7.83. The highest BCUT2D eigenvalue weighted by atomic mass is 16.7. The smallest absolute Gasteiger partial charge is 0.155 e. The maximum Gasteiger partial charge on any atom is 0.155 e. The van der Waals surface area contributed by atoms with Crippen LogP contribution in [0.25, 0.3) is 0 Å². The summed E-state index contributed by atoms with van der Waals surface area (Å²) in [5.74, 6) is 0. The normalized spacial score (nSPS) is 21.3. The summed E-state index contributed by atoms with van der Waals surface area (Å²) in [5, 5.41) is 37.6. The van der Waals surface area contributed by atoms with Crippen molar-refractivity contribution >= 4 is 0 Å². The van der Waals surface area contributed by atoms with Gasteiger partial charge >= 0.3 is 0 Å². The molecule has 0 aliphatic rings. The second-order valence-electron chi connectivity index (χ2n) is 5.72. The van der Waals surface area contributed by atoms with Gasteiger partial charge in [0.2, 0.25) is 0 Å². The topological polar surface area (TPSA) is 118 Å². The van der Waals surface area contributed by atoms with E-state index in [0.717, 1.165) is 0 Å². The van der Waals surface area contributed by atoms with Gasteiger partial charge in [0, 0.05) is 0 Å². The van der Waals surface area contributed by atoms with Gasteiger partial charge in [-0.05, 0) is 34.6 Å². The van der Waals surface area contributed by atoms with E-state index in [1.807, 2.05) is 0 Å². The van der Waals surface area contributed by atoms with Crippen LogP contribution in [-0.2, 0) is 18.9 Å². The van der Waals surface area contributed by atoms with Crippen molar-refractivity contribution in [1.82, 2.24) is 0 Å². The van der Waals surface area contributed by atoms with Gasteiger partial charge < -0.3 is 39.4 Å². The summed E-state index contributed by atoms with van der Waals surface area (Å²) in [4.78, 5) is 0. The Morgan fingerprint density at radius 1 is 0.696 bits per heavy atom. The molecule has 0 bridgehead atoms. The van der Waals surface area contributed by atoms with E-state index in [2.05, 4.69) is 0 Å². The molecule has 0 aliphatic carbocycles. The van der Waals surface area contributed by atoms with E-state index >= 15 is 0 Å². The van der Waals surface area contributed by atoms with Crippen LogP contribution in [0, 0.1) is 0 Å². The first kappa shape index (κ1) is 22.7. The molecule has 0 rings (SSSR count). The number of aliphatic hydroxyl groups excluding tert-OH is 4. The molecule has 0 saturated carbocycles. The maximum atomic E-state index is 9.91. The number of aliphatic hydroxyl groups is 4. The molecule has 0 spiro atoms. The monoisotopic (exact) mass is 340 g/mol. The van der Waals surface area contributed by atoms with Crippen LogP contribution >= 0.6 is 0 Å². The molecule has 4 unspecified atom stereocenters. The SMILES string of the molecule is CC(OC[C@@H](O)C(C)OCOC[C@H](O)C(C)O)OC(C)[C@H](C)O. The Kier molecular flexibility index (Phi) is 11.9. The fourth-order valence-electron chi connectivity index (χ4n) is 1.40. The summed E-state index contributed by atoms with van der Waals surface area (Å²) < 4.78 is 21.0. The molecule has 8 nitrogen and oxygen atoms in total. The number of hydrogen-bond acceptors (Lipinski definition) is 8. The minimum Gasteiger partial charge on any atom is -0.391 e. The van der Waals surface area contributed by atoms with E-state index in [1.54, 1.807) is 27.7 Å². The van der Waals surface area contributed by atoms with Crippen LogP contribution in [0.2, 0.25) is 0 Å². The molecule has 4 N–H and O–H groups in total. The molecule has 0 amide bonds. The number of ether oxygens (including phenoxy) is 4. The van der Waals surface area contributed by atoms with Gasteiger partial charge in [0.15, 0.2) is 6.29 Å². The molecule has 23 heavy (non-hydrogen) atoms. The third kappa shape index (κ3) is 11.0. The summed E-state index contributed by atoms with van der Waals surface area (Å²) in [6, 6.07) is 0. The highest BCUT2D eigenvalue weighted by Gasteiger charge is 2.19. The average molecular weight is 340 g/mol. The molecule has 0 fully saturated rings. The Hall–Kier alpha value is -0.320. The Morgan fingerprint density at radius 2 is 1.30 bits per heavy atom. The van der Waals surface area contributed by atoms with Gasteiger partial charge in [-0.2, -0.15) is 0 Å². The zero-order chi connectivity index (χ0) is 18.0. The largest absolute Gasteiger partial charge is 0.391 e. The fraction of sp³-hybridized carbons (Fsp3) is 1.00. The van der Waals surface area contributed by atoms with Crippen molar-refractivity contribution in [3.05, 3.63) is 0 Å². The summed E-state index contributed by atoms with van der Waals surface area (Å²) in [6.07, 6.45) is -4.83. The second-order valence-corrected chi connectivity index (χ2v) is 5.72. The summed E-state index contributed by atoms with van der Waals surface area (Å²) in [6.45, 7) is 7.98. The molecule has 0 radical (unpaired) electrons. The maximum absolute atomic E-state index is 9.91. The molecule has 0 aromatic carbocycles. The Morgan fingerprint density at radius 3 is 1.83 bits per heavy atom. The van der Waals surface area contributed by atoms with E-state index in [0.29, 0.717) is 0 Å². The fourth-order valence-corrected chi connectivity index (χ4v) is 1.40. The molecular weight excluding hydrogens is 308 g/mol. The van der Waals surface area contributed by atoms with E-state index in [-0.39, 0.29) is 26.1 Å². The van der Waals surface area contributed by atoms with Crippen molar-refractivity contribution in [3.8, 4) is 0 Å². The lowest BCUT2D eigenvalue weighted by molar-refractivity contribution is -0.199. The van der Waals surface area contributed by atoms with Crippen LogP contribution in [0.3, 0.4) is 0 Å². The van der Waals surface area contributed by atoms with Crippen LogP contribution in [0.1, 0.15) is 34.6 Å². The van der Waals surface area contributed by atoms with Crippen LogP contribution < -0.4 is 0 Å². The van der Waals surface area contributed by atoms with Crippen molar-refractivity contribution in [2.75, 3.05) is 20.0 Å². The highest BCUT2D eigenvalue weighted by molar-refractivity contribution is 4.64. The van der Waals surface area contributed by atoms with Crippen molar-refractivity contribution in [1.29, 1.82) is 0 Å². The number of rotatable bonds is 13. The predicted octanol–water partition coefficient (Wildman–Crippen LogP) is -0.383. The Balaban J connectivity index is 3.83. The van der Waals surface area contributed by atoms with Gasteiger partial charge in [0.05, 0.1) is 37.6 Å². The van der Waals surface area contributed by atoms with Gasteiger partial charge in [-0.25, -0.2) is 0 Å². The van der Waals surface area contributed by atoms with E-state index in [1.165, 1.54) is 6.92 Å². The van der Waals surface area contributed by atoms with Crippen LogP contribution in [0.4, 0.5) is 0 Å². The van der Waals surface area contributed by atoms with Gasteiger partial charge in [-0.1, -0.05) is 0 Å². The lowest BCUT2D eigenvalue weighted by Crippen LogP contribution is -2.35. The lowest BCUT2D eigenvalue weighted by atomic mass is 10.2. The first-order chi connectivity index (χ1) is 10.6. The third-order valence-corrected chi connectivity index (χ3v) is 3.39. The van der Waals surface area contributed by atoms with Crippen LogP contribution in [0.5, 0.6) is 0 Å². The quantitative estimate of drug-likeness (QED) is 0.265. The van der Waals surface area contributed by atoms with E-state index in [4.69, 9.17) is 24.1 Å². The van der Waals surface area contributed by atoms with Gasteiger partial charge in [0.1, 0.15) is 19.0 Å². The molecule has 7 atom stereocenters. The van der Waals surface area contributed by atoms with Gasteiger partial charge in [-0.3, -0.25) is 0 Å². The van der Waals surface area contributed by atoms with Crippen LogP contribution in [0.15, 0.2) is 0 Å². The zero-order valence-electron chi connectivity index (χ0n) is 14.6. The predicted molar refractivity (Wildman–Crippen MR) is 82.7 cm³/mol. The van der Waals surface area contributed by atoms with Crippen LogP contribution in [-0.4, -0.2) is 83.3 Å². The minimum atomic E-state index is -0.976. The molecule has 8 heteroatoms. The minimum absolute atomic E-state index is 0.00512.